The highest BCUT2D eigenvalue weighted by molar-refractivity contribution is 7.91. The molecule has 6 nitrogen and oxygen atoms in total. The highest BCUT2D eigenvalue weighted by Crippen LogP contribution is 2.21. The number of methoxy groups -OCH3 is 1. The molecule has 1 fully saturated rings. The zero-order valence-corrected chi connectivity index (χ0v) is 12.6. The third-order valence-corrected chi connectivity index (χ3v) is 5.13. The number of hydrazone groups is 1. The number of benzene rings is 1. The van der Waals surface area contributed by atoms with Gasteiger partial charge in [0.1, 0.15) is 5.75 Å². The van der Waals surface area contributed by atoms with Crippen LogP contribution in [-0.2, 0) is 14.6 Å². The van der Waals surface area contributed by atoms with E-state index in [0.717, 1.165) is 5.56 Å². The second kappa shape index (κ2) is 6.71. The van der Waals surface area contributed by atoms with Crippen LogP contribution in [0.5, 0.6) is 5.75 Å². The Kier molecular flexibility index (Phi) is 4.95. The third kappa shape index (κ3) is 4.86. The van der Waals surface area contributed by atoms with Crippen molar-refractivity contribution in [3.63, 3.8) is 0 Å². The molecular formula is C14H18N2O4S. The minimum atomic E-state index is -2.94. The summed E-state index contributed by atoms with van der Waals surface area (Å²) in [6, 6.07) is 7.27. The van der Waals surface area contributed by atoms with Crippen LogP contribution in [0.1, 0.15) is 18.4 Å². The van der Waals surface area contributed by atoms with Crippen molar-refractivity contribution in [2.24, 2.45) is 11.0 Å². The van der Waals surface area contributed by atoms with Gasteiger partial charge >= 0.3 is 0 Å². The fourth-order valence-corrected chi connectivity index (χ4v) is 4.10. The lowest BCUT2D eigenvalue weighted by atomic mass is 10.1. The van der Waals surface area contributed by atoms with Crippen molar-refractivity contribution in [1.82, 2.24) is 5.43 Å². The second-order valence-electron chi connectivity index (χ2n) is 5.04. The van der Waals surface area contributed by atoms with Crippen LogP contribution in [0, 0.1) is 5.92 Å². The van der Waals surface area contributed by atoms with Gasteiger partial charge in [0.05, 0.1) is 24.8 Å². The Morgan fingerprint density at radius 2 is 2.33 bits per heavy atom. The first kappa shape index (κ1) is 15.5. The van der Waals surface area contributed by atoms with Gasteiger partial charge in [-0.1, -0.05) is 12.1 Å². The molecule has 0 aliphatic carbocycles. The van der Waals surface area contributed by atoms with Crippen LogP contribution in [0.4, 0.5) is 0 Å². The lowest BCUT2D eigenvalue weighted by molar-refractivity contribution is -0.121. The lowest BCUT2D eigenvalue weighted by Crippen LogP contribution is -2.21. The van der Waals surface area contributed by atoms with E-state index < -0.39 is 9.84 Å². The number of carbonyl (C=O) groups excluding carboxylic acids is 1. The van der Waals surface area contributed by atoms with Crippen LogP contribution >= 0.6 is 0 Å². The molecule has 0 saturated carbocycles. The monoisotopic (exact) mass is 310 g/mol. The van der Waals surface area contributed by atoms with Crippen LogP contribution < -0.4 is 10.2 Å². The normalized spacial score (nSPS) is 20.5. The third-order valence-electron chi connectivity index (χ3n) is 3.30. The molecule has 0 unspecified atom stereocenters. The molecule has 1 aliphatic rings. The van der Waals surface area contributed by atoms with Crippen molar-refractivity contribution in [3.05, 3.63) is 29.8 Å². The zero-order valence-electron chi connectivity index (χ0n) is 11.8. The second-order valence-corrected chi connectivity index (χ2v) is 7.27. The van der Waals surface area contributed by atoms with Crippen molar-refractivity contribution in [2.45, 2.75) is 12.8 Å². The summed E-state index contributed by atoms with van der Waals surface area (Å²) in [5.41, 5.74) is 3.22. The average Bonchev–Trinajstić information content (AvgIpc) is 2.78. The molecular weight excluding hydrogens is 292 g/mol. The first-order valence-corrected chi connectivity index (χ1v) is 8.47. The average molecular weight is 310 g/mol. The van der Waals surface area contributed by atoms with Crippen molar-refractivity contribution in [3.8, 4) is 5.75 Å². The Bertz CT molecular complexity index is 640. The van der Waals surface area contributed by atoms with Gasteiger partial charge in [0.15, 0.2) is 9.84 Å². The van der Waals surface area contributed by atoms with Gasteiger partial charge in [0.2, 0.25) is 5.91 Å². The van der Waals surface area contributed by atoms with Crippen LogP contribution in [0.25, 0.3) is 0 Å². The van der Waals surface area contributed by atoms with Gasteiger partial charge in [-0.05, 0) is 30.0 Å². The maximum absolute atomic E-state index is 11.7. The molecule has 0 radical (unpaired) electrons. The van der Waals surface area contributed by atoms with E-state index in [4.69, 9.17) is 4.74 Å². The zero-order chi connectivity index (χ0) is 15.3. The van der Waals surface area contributed by atoms with E-state index in [0.29, 0.717) is 12.2 Å². The van der Waals surface area contributed by atoms with E-state index >= 15 is 0 Å². The van der Waals surface area contributed by atoms with E-state index in [-0.39, 0.29) is 29.8 Å². The number of amides is 1. The molecule has 1 amide bonds. The molecule has 0 bridgehead atoms. The molecule has 1 saturated heterocycles. The van der Waals surface area contributed by atoms with Gasteiger partial charge in [0, 0.05) is 6.42 Å². The van der Waals surface area contributed by atoms with E-state index in [9.17, 15) is 13.2 Å². The Morgan fingerprint density at radius 1 is 1.52 bits per heavy atom. The fraction of sp³-hybridized carbons (Fsp3) is 0.429. The van der Waals surface area contributed by atoms with Gasteiger partial charge in [-0.2, -0.15) is 5.10 Å². The lowest BCUT2D eigenvalue weighted by Gasteiger charge is -2.05. The first-order chi connectivity index (χ1) is 9.98. The summed E-state index contributed by atoms with van der Waals surface area (Å²) in [4.78, 5) is 11.7. The van der Waals surface area contributed by atoms with Gasteiger partial charge in [-0.15, -0.1) is 0 Å². The van der Waals surface area contributed by atoms with Gasteiger partial charge < -0.3 is 4.74 Å². The van der Waals surface area contributed by atoms with Crippen molar-refractivity contribution in [2.75, 3.05) is 18.6 Å². The molecule has 0 aromatic heterocycles. The van der Waals surface area contributed by atoms with Gasteiger partial charge in [-0.3, -0.25) is 4.79 Å². The van der Waals surface area contributed by atoms with E-state index in [1.54, 1.807) is 13.2 Å². The molecule has 114 valence electrons. The topological polar surface area (TPSA) is 84.8 Å². The maximum Gasteiger partial charge on any atom is 0.240 e. The maximum atomic E-state index is 11.7. The molecule has 0 spiro atoms. The summed E-state index contributed by atoms with van der Waals surface area (Å²) in [5.74, 6) is 0.623. The number of hydrogen-bond acceptors (Lipinski definition) is 5. The highest BCUT2D eigenvalue weighted by Gasteiger charge is 2.29. The number of rotatable bonds is 5. The fourth-order valence-electron chi connectivity index (χ4n) is 2.24. The number of carbonyl (C=O) groups is 1. The van der Waals surface area contributed by atoms with E-state index in [1.165, 1.54) is 6.21 Å². The molecule has 1 heterocycles. The largest absolute Gasteiger partial charge is 0.497 e. The Labute approximate surface area is 124 Å². The number of ether oxygens (including phenoxy) is 1. The summed E-state index contributed by atoms with van der Waals surface area (Å²) in [6.07, 6.45) is 2.26. The van der Waals surface area contributed by atoms with E-state index in [1.807, 2.05) is 18.2 Å². The van der Waals surface area contributed by atoms with Gasteiger partial charge in [-0.25, -0.2) is 13.8 Å². The molecule has 21 heavy (non-hydrogen) atoms. The SMILES string of the molecule is COc1cccc(/C=N\NC(=O)C[C@H]2CCS(=O)(=O)C2)c1. The Morgan fingerprint density at radius 3 is 3.00 bits per heavy atom. The number of sulfone groups is 1. The summed E-state index contributed by atoms with van der Waals surface area (Å²) >= 11 is 0. The quantitative estimate of drug-likeness (QED) is 0.649. The predicted molar refractivity (Wildman–Crippen MR) is 80.1 cm³/mol. The molecule has 7 heteroatoms. The summed E-state index contributed by atoms with van der Waals surface area (Å²) in [6.45, 7) is 0. The standard InChI is InChI=1S/C14H18N2O4S/c1-20-13-4-2-3-11(7-13)9-15-16-14(17)8-12-5-6-21(18,19)10-12/h2-4,7,9,12H,5-6,8,10H2,1H3,(H,16,17)/b15-9-/t12-/m1/s1. The number of hydrogen-bond donors (Lipinski definition) is 1. The van der Waals surface area contributed by atoms with Crippen LogP contribution in [0.15, 0.2) is 29.4 Å². The molecule has 1 aromatic carbocycles. The summed E-state index contributed by atoms with van der Waals surface area (Å²) in [5, 5.41) is 3.87. The molecule has 1 atom stereocenters. The van der Waals surface area contributed by atoms with E-state index in [2.05, 4.69) is 10.5 Å². The minimum Gasteiger partial charge on any atom is -0.497 e. The summed E-state index contributed by atoms with van der Waals surface area (Å²) < 4.78 is 27.7. The molecule has 1 N–H and O–H groups in total. The predicted octanol–water partition coefficient (Wildman–Crippen LogP) is 0.970. The van der Waals surface area contributed by atoms with Gasteiger partial charge in [0.25, 0.3) is 0 Å². The number of nitrogens with zero attached hydrogens (tertiary/aromatic N) is 1. The molecule has 1 aliphatic heterocycles. The highest BCUT2D eigenvalue weighted by atomic mass is 32.2. The van der Waals surface area contributed by atoms with Crippen molar-refractivity contribution in [1.29, 1.82) is 0 Å². The Hall–Kier alpha value is -1.89. The first-order valence-electron chi connectivity index (χ1n) is 6.65. The van der Waals surface area contributed by atoms with Crippen LogP contribution in [0.3, 0.4) is 0 Å². The number of nitrogens with one attached hydrogen (secondary N) is 1. The van der Waals surface area contributed by atoms with Crippen molar-refractivity contribution >= 4 is 22.0 Å². The molecule has 1 aromatic rings. The van der Waals surface area contributed by atoms with Crippen molar-refractivity contribution < 1.29 is 17.9 Å². The Balaban J connectivity index is 1.82. The van der Waals surface area contributed by atoms with Crippen LogP contribution in [0.2, 0.25) is 0 Å². The smallest absolute Gasteiger partial charge is 0.240 e. The van der Waals surface area contributed by atoms with Crippen LogP contribution in [-0.4, -0.2) is 39.2 Å². The molecule has 2 rings (SSSR count). The summed E-state index contributed by atoms with van der Waals surface area (Å²) in [7, 11) is -1.37. The minimum absolute atomic E-state index is 0.0954.